The zero-order valence-electron chi connectivity index (χ0n) is 8.92. The molecule has 0 aliphatic carbocycles. The number of anilines is 1. The molecule has 0 saturated carbocycles. The van der Waals surface area contributed by atoms with Gasteiger partial charge < -0.3 is 4.90 Å². The van der Waals surface area contributed by atoms with Crippen molar-refractivity contribution in [2.24, 2.45) is 0 Å². The molecular weight excluding hydrogens is 208 g/mol. The number of amides is 1. The summed E-state index contributed by atoms with van der Waals surface area (Å²) in [5.41, 5.74) is 0.781. The molecule has 1 atom stereocenters. The van der Waals surface area contributed by atoms with Crippen LogP contribution in [0.4, 0.5) is 11.4 Å². The molecule has 1 aliphatic rings. The van der Waals surface area contributed by atoms with Crippen molar-refractivity contribution in [1.82, 2.24) is 0 Å². The lowest BCUT2D eigenvalue weighted by atomic mass is 10.2. The summed E-state index contributed by atoms with van der Waals surface area (Å²) in [6.07, 6.45) is 1.40. The highest BCUT2D eigenvalue weighted by atomic mass is 16.6. The monoisotopic (exact) mass is 220 g/mol. The van der Waals surface area contributed by atoms with Crippen LogP contribution in [-0.2, 0) is 4.79 Å². The summed E-state index contributed by atoms with van der Waals surface area (Å²) in [5.74, 6) is 0.0846. The van der Waals surface area contributed by atoms with Gasteiger partial charge in [-0.3, -0.25) is 14.9 Å². The van der Waals surface area contributed by atoms with Gasteiger partial charge in [0.15, 0.2) is 0 Å². The van der Waals surface area contributed by atoms with Crippen molar-refractivity contribution in [3.8, 4) is 0 Å². The number of hydrogen-bond acceptors (Lipinski definition) is 3. The molecule has 0 spiro atoms. The number of hydrogen-bond donors (Lipinski definition) is 0. The predicted octanol–water partition coefficient (Wildman–Crippen LogP) is 2.11. The van der Waals surface area contributed by atoms with Crippen LogP contribution >= 0.6 is 0 Å². The van der Waals surface area contributed by atoms with Gasteiger partial charge in [0.1, 0.15) is 0 Å². The molecule has 0 aromatic heterocycles. The van der Waals surface area contributed by atoms with Crippen LogP contribution < -0.4 is 4.90 Å². The van der Waals surface area contributed by atoms with Crippen LogP contribution in [0.25, 0.3) is 0 Å². The minimum absolute atomic E-state index is 0.0445. The Kier molecular flexibility index (Phi) is 2.60. The van der Waals surface area contributed by atoms with E-state index in [0.29, 0.717) is 6.42 Å². The maximum absolute atomic E-state index is 11.6. The van der Waals surface area contributed by atoms with Gasteiger partial charge >= 0.3 is 0 Å². The molecule has 5 heteroatoms. The summed E-state index contributed by atoms with van der Waals surface area (Å²) in [5, 5.41) is 10.5. The third-order valence-electron chi connectivity index (χ3n) is 2.82. The molecule has 1 aliphatic heterocycles. The molecule has 1 heterocycles. The van der Waals surface area contributed by atoms with E-state index >= 15 is 0 Å². The van der Waals surface area contributed by atoms with Gasteiger partial charge in [0, 0.05) is 30.3 Å². The number of nitro benzene ring substituents is 1. The van der Waals surface area contributed by atoms with Crippen molar-refractivity contribution in [3.63, 3.8) is 0 Å². The fraction of sp³-hybridized carbons (Fsp3) is 0.364. The summed E-state index contributed by atoms with van der Waals surface area (Å²) >= 11 is 0. The van der Waals surface area contributed by atoms with Crippen molar-refractivity contribution in [2.75, 3.05) is 4.90 Å². The lowest BCUT2D eigenvalue weighted by Gasteiger charge is -2.21. The van der Waals surface area contributed by atoms with E-state index in [4.69, 9.17) is 0 Å². The minimum Gasteiger partial charge on any atom is -0.310 e. The smallest absolute Gasteiger partial charge is 0.269 e. The highest BCUT2D eigenvalue weighted by Gasteiger charge is 2.28. The second kappa shape index (κ2) is 3.92. The Morgan fingerprint density at radius 2 is 2.00 bits per heavy atom. The summed E-state index contributed by atoms with van der Waals surface area (Å²) in [4.78, 5) is 23.3. The normalized spacial score (nSPS) is 20.2. The Labute approximate surface area is 92.8 Å². The average Bonchev–Trinajstić information content (AvgIpc) is 2.59. The summed E-state index contributed by atoms with van der Waals surface area (Å²) < 4.78 is 0. The Bertz CT molecular complexity index is 427. The molecule has 1 aromatic carbocycles. The van der Waals surface area contributed by atoms with Gasteiger partial charge in [0.2, 0.25) is 5.91 Å². The average molecular weight is 220 g/mol. The molecule has 1 fully saturated rings. The van der Waals surface area contributed by atoms with Gasteiger partial charge in [0.05, 0.1) is 4.92 Å². The molecular formula is C11H12N2O3. The van der Waals surface area contributed by atoms with E-state index in [0.717, 1.165) is 12.1 Å². The minimum atomic E-state index is -0.445. The Balaban J connectivity index is 2.27. The molecule has 5 nitrogen and oxygen atoms in total. The SMILES string of the molecule is CC1CCC(=O)N1c1ccc([N+](=O)[O-])cc1. The van der Waals surface area contributed by atoms with Gasteiger partial charge in [-0.05, 0) is 25.5 Å². The first kappa shape index (κ1) is 10.6. The largest absolute Gasteiger partial charge is 0.310 e. The van der Waals surface area contributed by atoms with E-state index in [9.17, 15) is 14.9 Å². The van der Waals surface area contributed by atoms with Crippen molar-refractivity contribution in [3.05, 3.63) is 34.4 Å². The highest BCUT2D eigenvalue weighted by Crippen LogP contribution is 2.27. The van der Waals surface area contributed by atoms with E-state index in [1.54, 1.807) is 17.0 Å². The first-order chi connectivity index (χ1) is 7.59. The lowest BCUT2D eigenvalue weighted by Crippen LogP contribution is -2.30. The van der Waals surface area contributed by atoms with Gasteiger partial charge in [-0.2, -0.15) is 0 Å². The number of rotatable bonds is 2. The predicted molar refractivity (Wildman–Crippen MR) is 59.3 cm³/mol. The van der Waals surface area contributed by atoms with E-state index in [1.807, 2.05) is 6.92 Å². The standard InChI is InChI=1S/C11H12N2O3/c1-8-2-7-11(14)12(8)9-3-5-10(6-4-9)13(15)16/h3-6,8H,2,7H2,1H3. The van der Waals surface area contributed by atoms with E-state index in [1.165, 1.54) is 12.1 Å². The molecule has 0 N–H and O–H groups in total. The van der Waals surface area contributed by atoms with Crippen LogP contribution in [0.5, 0.6) is 0 Å². The Hall–Kier alpha value is -1.91. The molecule has 84 valence electrons. The molecule has 1 amide bonds. The first-order valence-electron chi connectivity index (χ1n) is 5.16. The third kappa shape index (κ3) is 1.76. The van der Waals surface area contributed by atoms with Crippen molar-refractivity contribution in [1.29, 1.82) is 0 Å². The Morgan fingerprint density at radius 3 is 2.44 bits per heavy atom. The number of non-ortho nitro benzene ring substituents is 1. The molecule has 1 unspecified atom stereocenters. The maximum atomic E-state index is 11.6. The fourth-order valence-corrected chi connectivity index (χ4v) is 1.96. The van der Waals surface area contributed by atoms with Gasteiger partial charge in [0.25, 0.3) is 5.69 Å². The molecule has 16 heavy (non-hydrogen) atoms. The summed E-state index contributed by atoms with van der Waals surface area (Å²) in [6, 6.07) is 6.27. The first-order valence-corrected chi connectivity index (χ1v) is 5.16. The molecule has 0 radical (unpaired) electrons. The van der Waals surface area contributed by atoms with Crippen molar-refractivity contribution in [2.45, 2.75) is 25.8 Å². The van der Waals surface area contributed by atoms with Gasteiger partial charge in [-0.25, -0.2) is 0 Å². The highest BCUT2D eigenvalue weighted by molar-refractivity contribution is 5.96. The van der Waals surface area contributed by atoms with Crippen LogP contribution in [0.3, 0.4) is 0 Å². The number of benzene rings is 1. The van der Waals surface area contributed by atoms with Crippen LogP contribution in [0.2, 0.25) is 0 Å². The van der Waals surface area contributed by atoms with Crippen molar-refractivity contribution >= 4 is 17.3 Å². The van der Waals surface area contributed by atoms with Gasteiger partial charge in [-0.1, -0.05) is 0 Å². The molecule has 2 rings (SSSR count). The maximum Gasteiger partial charge on any atom is 0.269 e. The van der Waals surface area contributed by atoms with Gasteiger partial charge in [-0.15, -0.1) is 0 Å². The van der Waals surface area contributed by atoms with E-state index < -0.39 is 4.92 Å². The van der Waals surface area contributed by atoms with Crippen molar-refractivity contribution < 1.29 is 9.72 Å². The topological polar surface area (TPSA) is 63.5 Å². The number of nitrogens with zero attached hydrogens (tertiary/aromatic N) is 2. The summed E-state index contributed by atoms with van der Waals surface area (Å²) in [7, 11) is 0. The van der Waals surface area contributed by atoms with Crippen LogP contribution in [0, 0.1) is 10.1 Å². The van der Waals surface area contributed by atoms with E-state index in [2.05, 4.69) is 0 Å². The number of carbonyl (C=O) groups excluding carboxylic acids is 1. The molecule has 1 aromatic rings. The number of nitro groups is 1. The second-order valence-electron chi connectivity index (χ2n) is 3.92. The fourth-order valence-electron chi connectivity index (χ4n) is 1.96. The third-order valence-corrected chi connectivity index (χ3v) is 2.82. The summed E-state index contributed by atoms with van der Waals surface area (Å²) in [6.45, 7) is 1.98. The zero-order valence-corrected chi connectivity index (χ0v) is 8.92. The van der Waals surface area contributed by atoms with Crippen LogP contribution in [0.1, 0.15) is 19.8 Å². The van der Waals surface area contributed by atoms with Crippen LogP contribution in [0.15, 0.2) is 24.3 Å². The quantitative estimate of drug-likeness (QED) is 0.566. The van der Waals surface area contributed by atoms with E-state index in [-0.39, 0.29) is 17.6 Å². The Morgan fingerprint density at radius 1 is 1.38 bits per heavy atom. The lowest BCUT2D eigenvalue weighted by molar-refractivity contribution is -0.384. The molecule has 0 bridgehead atoms. The second-order valence-corrected chi connectivity index (χ2v) is 3.92. The zero-order chi connectivity index (χ0) is 11.7. The molecule has 1 saturated heterocycles. The van der Waals surface area contributed by atoms with Crippen LogP contribution in [-0.4, -0.2) is 16.9 Å². The number of carbonyl (C=O) groups is 1.